The van der Waals surface area contributed by atoms with Crippen LogP contribution in [0.5, 0.6) is 5.75 Å². The molecule has 1 aromatic heterocycles. The minimum atomic E-state index is 0. The number of anilines is 2. The Morgan fingerprint density at radius 2 is 1.96 bits per heavy atom. The highest BCUT2D eigenvalue weighted by molar-refractivity contribution is 6.30. The lowest BCUT2D eigenvalue weighted by Crippen LogP contribution is -1.96. The molecule has 0 aliphatic rings. The standard InChI is InChI=1S/C18H17ClN2O.ClH/c1-3-22-15-7-8-17-16(11-15)18(9-12(2)20-17)21-14-6-4-5-13(19)10-14;/h4-11H,3H2,1-2H3,(H,20,21);1H. The molecule has 0 saturated heterocycles. The number of halogens is 2. The van der Waals surface area contributed by atoms with E-state index in [0.717, 1.165) is 33.7 Å². The number of pyridine rings is 1. The minimum Gasteiger partial charge on any atom is -0.494 e. The number of benzene rings is 2. The normalized spacial score (nSPS) is 10.2. The molecule has 0 amide bonds. The SMILES string of the molecule is CCOc1ccc2nc(C)cc(Nc3cccc(Cl)c3)c2c1.Cl. The van der Waals surface area contributed by atoms with Gasteiger partial charge in [-0.1, -0.05) is 17.7 Å². The Bertz CT molecular complexity index is 821. The van der Waals surface area contributed by atoms with Crippen molar-refractivity contribution in [1.29, 1.82) is 0 Å². The lowest BCUT2D eigenvalue weighted by molar-refractivity contribution is 0.340. The number of hydrogen-bond acceptors (Lipinski definition) is 3. The molecule has 23 heavy (non-hydrogen) atoms. The third-order valence-corrected chi connectivity index (χ3v) is 3.56. The van der Waals surface area contributed by atoms with Crippen molar-refractivity contribution in [2.24, 2.45) is 0 Å². The van der Waals surface area contributed by atoms with Crippen molar-refractivity contribution in [3.8, 4) is 5.75 Å². The van der Waals surface area contributed by atoms with E-state index in [-0.39, 0.29) is 12.4 Å². The summed E-state index contributed by atoms with van der Waals surface area (Å²) in [5, 5.41) is 5.15. The third-order valence-electron chi connectivity index (χ3n) is 3.32. The maximum atomic E-state index is 6.05. The van der Waals surface area contributed by atoms with E-state index in [1.165, 1.54) is 0 Å². The zero-order valence-electron chi connectivity index (χ0n) is 13.0. The lowest BCUT2D eigenvalue weighted by atomic mass is 10.1. The minimum absolute atomic E-state index is 0. The summed E-state index contributed by atoms with van der Waals surface area (Å²) >= 11 is 6.05. The van der Waals surface area contributed by atoms with Gasteiger partial charge >= 0.3 is 0 Å². The molecule has 5 heteroatoms. The number of hydrogen-bond donors (Lipinski definition) is 1. The predicted molar refractivity (Wildman–Crippen MR) is 99.6 cm³/mol. The summed E-state index contributed by atoms with van der Waals surface area (Å²) in [4.78, 5) is 4.58. The highest BCUT2D eigenvalue weighted by Crippen LogP contribution is 2.30. The summed E-state index contributed by atoms with van der Waals surface area (Å²) in [5.74, 6) is 0.842. The van der Waals surface area contributed by atoms with E-state index in [9.17, 15) is 0 Å². The van der Waals surface area contributed by atoms with Crippen LogP contribution in [0.25, 0.3) is 10.9 Å². The summed E-state index contributed by atoms with van der Waals surface area (Å²) in [6.07, 6.45) is 0. The average molecular weight is 349 g/mol. The van der Waals surface area contributed by atoms with Crippen LogP contribution in [0.15, 0.2) is 48.5 Å². The zero-order valence-corrected chi connectivity index (χ0v) is 14.5. The number of ether oxygens (including phenoxy) is 1. The Labute approximate surface area is 147 Å². The molecule has 0 fully saturated rings. The number of fused-ring (bicyclic) bond motifs is 1. The van der Waals surface area contributed by atoms with Gasteiger partial charge in [-0.15, -0.1) is 12.4 Å². The van der Waals surface area contributed by atoms with Gasteiger partial charge in [0.15, 0.2) is 0 Å². The second-order valence-corrected chi connectivity index (χ2v) is 5.49. The quantitative estimate of drug-likeness (QED) is 0.650. The van der Waals surface area contributed by atoms with Crippen LogP contribution < -0.4 is 10.1 Å². The van der Waals surface area contributed by atoms with Crippen LogP contribution in [0.3, 0.4) is 0 Å². The van der Waals surface area contributed by atoms with E-state index in [2.05, 4.69) is 10.3 Å². The molecule has 0 aliphatic carbocycles. The molecule has 3 rings (SSSR count). The molecule has 0 saturated carbocycles. The molecule has 0 bridgehead atoms. The van der Waals surface area contributed by atoms with E-state index in [4.69, 9.17) is 16.3 Å². The van der Waals surface area contributed by atoms with E-state index in [1.54, 1.807) is 0 Å². The van der Waals surface area contributed by atoms with E-state index in [1.807, 2.05) is 62.4 Å². The monoisotopic (exact) mass is 348 g/mol. The van der Waals surface area contributed by atoms with Crippen molar-refractivity contribution >= 4 is 46.3 Å². The van der Waals surface area contributed by atoms with Crippen molar-refractivity contribution in [1.82, 2.24) is 4.98 Å². The maximum Gasteiger partial charge on any atom is 0.120 e. The second kappa shape index (κ2) is 7.53. The number of aromatic nitrogens is 1. The molecule has 3 nitrogen and oxygen atoms in total. The molecule has 0 radical (unpaired) electrons. The predicted octanol–water partition coefficient (Wildman–Crippen LogP) is 5.76. The van der Waals surface area contributed by atoms with E-state index >= 15 is 0 Å². The van der Waals surface area contributed by atoms with Gasteiger partial charge in [0.25, 0.3) is 0 Å². The second-order valence-electron chi connectivity index (χ2n) is 5.06. The van der Waals surface area contributed by atoms with Gasteiger partial charge in [0.1, 0.15) is 5.75 Å². The number of aryl methyl sites for hydroxylation is 1. The Morgan fingerprint density at radius 3 is 2.70 bits per heavy atom. The molecule has 1 heterocycles. The van der Waals surface area contributed by atoms with Crippen LogP contribution in [-0.4, -0.2) is 11.6 Å². The van der Waals surface area contributed by atoms with Crippen molar-refractivity contribution in [3.05, 3.63) is 59.2 Å². The van der Waals surface area contributed by atoms with Gasteiger partial charge in [-0.3, -0.25) is 4.98 Å². The zero-order chi connectivity index (χ0) is 15.5. The topological polar surface area (TPSA) is 34.1 Å². The first kappa shape index (κ1) is 17.4. The fraction of sp³-hybridized carbons (Fsp3) is 0.167. The Hall–Kier alpha value is -1.97. The fourth-order valence-electron chi connectivity index (χ4n) is 2.42. The molecule has 120 valence electrons. The van der Waals surface area contributed by atoms with Gasteiger partial charge in [0, 0.05) is 27.5 Å². The molecular weight excluding hydrogens is 331 g/mol. The smallest absolute Gasteiger partial charge is 0.120 e. The first-order valence-electron chi connectivity index (χ1n) is 7.22. The van der Waals surface area contributed by atoms with Crippen LogP contribution in [0, 0.1) is 6.92 Å². The van der Waals surface area contributed by atoms with Crippen LogP contribution >= 0.6 is 24.0 Å². The molecule has 0 atom stereocenters. The largest absolute Gasteiger partial charge is 0.494 e. The van der Waals surface area contributed by atoms with Gasteiger partial charge in [-0.2, -0.15) is 0 Å². The third kappa shape index (κ3) is 4.06. The Morgan fingerprint density at radius 1 is 1.13 bits per heavy atom. The highest BCUT2D eigenvalue weighted by atomic mass is 35.5. The summed E-state index contributed by atoms with van der Waals surface area (Å²) in [5.41, 5.74) is 3.83. The lowest BCUT2D eigenvalue weighted by Gasteiger charge is -2.12. The first-order valence-corrected chi connectivity index (χ1v) is 7.60. The molecule has 0 aliphatic heterocycles. The number of nitrogens with zero attached hydrogens (tertiary/aromatic N) is 1. The molecule has 1 N–H and O–H groups in total. The van der Waals surface area contributed by atoms with Crippen LogP contribution in [0.1, 0.15) is 12.6 Å². The average Bonchev–Trinajstić information content (AvgIpc) is 2.48. The molecule has 2 aromatic carbocycles. The maximum absolute atomic E-state index is 6.05. The van der Waals surface area contributed by atoms with Crippen molar-refractivity contribution in [2.45, 2.75) is 13.8 Å². The van der Waals surface area contributed by atoms with Gasteiger partial charge in [0.05, 0.1) is 12.1 Å². The number of rotatable bonds is 4. The molecular formula is C18H18Cl2N2O. The Balaban J connectivity index is 0.00000192. The van der Waals surface area contributed by atoms with Gasteiger partial charge in [-0.25, -0.2) is 0 Å². The first-order chi connectivity index (χ1) is 10.7. The van der Waals surface area contributed by atoms with Crippen LogP contribution in [-0.2, 0) is 0 Å². The van der Waals surface area contributed by atoms with Crippen LogP contribution in [0.2, 0.25) is 5.02 Å². The summed E-state index contributed by atoms with van der Waals surface area (Å²) in [6.45, 7) is 4.60. The van der Waals surface area contributed by atoms with Gasteiger partial charge in [-0.05, 0) is 56.3 Å². The number of nitrogens with one attached hydrogen (secondary N) is 1. The summed E-state index contributed by atoms with van der Waals surface area (Å²) < 4.78 is 5.59. The van der Waals surface area contributed by atoms with Crippen molar-refractivity contribution in [3.63, 3.8) is 0 Å². The van der Waals surface area contributed by atoms with E-state index in [0.29, 0.717) is 11.6 Å². The van der Waals surface area contributed by atoms with Crippen molar-refractivity contribution in [2.75, 3.05) is 11.9 Å². The Kier molecular flexibility index (Phi) is 5.69. The molecule has 3 aromatic rings. The molecule has 0 unspecified atom stereocenters. The van der Waals surface area contributed by atoms with E-state index < -0.39 is 0 Å². The van der Waals surface area contributed by atoms with Crippen LogP contribution in [0.4, 0.5) is 11.4 Å². The van der Waals surface area contributed by atoms with Crippen molar-refractivity contribution < 1.29 is 4.74 Å². The highest BCUT2D eigenvalue weighted by Gasteiger charge is 2.07. The summed E-state index contributed by atoms with van der Waals surface area (Å²) in [7, 11) is 0. The summed E-state index contributed by atoms with van der Waals surface area (Å²) in [6, 6.07) is 15.6. The van der Waals surface area contributed by atoms with Gasteiger partial charge < -0.3 is 10.1 Å². The molecule has 0 spiro atoms. The fourth-order valence-corrected chi connectivity index (χ4v) is 2.61. The van der Waals surface area contributed by atoms with Gasteiger partial charge in [0.2, 0.25) is 0 Å².